The molecule has 0 spiro atoms. The zero-order valence-electron chi connectivity index (χ0n) is 36.6. The van der Waals surface area contributed by atoms with Gasteiger partial charge in [0.05, 0.1) is 0 Å². The molecule has 0 aromatic heterocycles. The van der Waals surface area contributed by atoms with Crippen LogP contribution in [-0.2, 0) is 30.7 Å². The summed E-state index contributed by atoms with van der Waals surface area (Å²) in [6, 6.07) is 45.6. The predicted octanol–water partition coefficient (Wildman–Crippen LogP) is 8.80. The zero-order chi connectivity index (χ0) is 40.9. The minimum atomic E-state index is 0. The molecule has 2 aliphatic rings. The van der Waals surface area contributed by atoms with Gasteiger partial charge in [-0.3, -0.25) is 6.08 Å². The van der Waals surface area contributed by atoms with Crippen molar-refractivity contribution in [3.63, 3.8) is 0 Å². The molecule has 0 aliphatic heterocycles. The van der Waals surface area contributed by atoms with E-state index in [2.05, 4.69) is 209 Å². The molecule has 0 radical (unpaired) electrons. The van der Waals surface area contributed by atoms with Crippen LogP contribution in [0.2, 0.25) is 0 Å². The molecule has 6 aromatic rings. The Bertz CT molecular complexity index is 2250. The van der Waals surface area contributed by atoms with Gasteiger partial charge < -0.3 is 24.8 Å². The number of rotatable bonds is 6. The van der Waals surface area contributed by atoms with E-state index >= 15 is 0 Å². The molecule has 0 bridgehead atoms. The molecule has 0 heterocycles. The molecular weight excluding hydrogens is 835 g/mol. The van der Waals surface area contributed by atoms with Crippen molar-refractivity contribution in [3.8, 4) is 33.4 Å². The first-order valence-electron chi connectivity index (χ1n) is 20.6. The van der Waals surface area contributed by atoms with Crippen molar-refractivity contribution >= 4 is 3.21 Å². The van der Waals surface area contributed by atoms with Crippen LogP contribution < -0.4 is 24.8 Å². The molecule has 1 unspecified atom stereocenters. The topological polar surface area (TPSA) is 0 Å². The second kappa shape index (κ2) is 21.1. The van der Waals surface area contributed by atoms with Crippen molar-refractivity contribution in [1.82, 2.24) is 0 Å². The second-order valence-corrected chi connectivity index (χ2v) is 18.3. The van der Waals surface area contributed by atoms with Crippen molar-refractivity contribution in [3.05, 3.63) is 201 Å². The minimum absolute atomic E-state index is 0. The van der Waals surface area contributed by atoms with Gasteiger partial charge in [-0.15, -0.1) is 29.3 Å². The van der Waals surface area contributed by atoms with Crippen LogP contribution in [0.25, 0.3) is 33.4 Å². The number of hydrogen-bond acceptors (Lipinski definition) is 0. The van der Waals surface area contributed by atoms with Gasteiger partial charge in [-0.1, -0.05) is 133 Å². The van der Waals surface area contributed by atoms with Crippen LogP contribution in [0, 0.1) is 65.0 Å². The van der Waals surface area contributed by atoms with Gasteiger partial charge in [-0.05, 0) is 75.8 Å². The summed E-state index contributed by atoms with van der Waals surface area (Å²) >= 11 is 1.46. The van der Waals surface area contributed by atoms with E-state index < -0.39 is 0 Å². The Kier molecular flexibility index (Phi) is 17.1. The normalized spacial score (nSPS) is 13.4. The molecule has 0 amide bonds. The maximum atomic E-state index is 3.78. The van der Waals surface area contributed by atoms with Gasteiger partial charge in [0.1, 0.15) is 0 Å². The Balaban J connectivity index is 0.000000228. The van der Waals surface area contributed by atoms with E-state index in [0.717, 1.165) is 6.42 Å². The van der Waals surface area contributed by atoms with E-state index in [1.807, 2.05) is 0 Å². The summed E-state index contributed by atoms with van der Waals surface area (Å²) in [7, 11) is 0. The first kappa shape index (κ1) is 47.8. The van der Waals surface area contributed by atoms with Gasteiger partial charge in [0, 0.05) is 0 Å². The van der Waals surface area contributed by atoms with Gasteiger partial charge in [0.2, 0.25) is 0 Å². The fourth-order valence-corrected chi connectivity index (χ4v) is 9.31. The van der Waals surface area contributed by atoms with Crippen LogP contribution in [-0.4, -0.2) is 3.21 Å². The molecule has 8 rings (SSSR count). The summed E-state index contributed by atoms with van der Waals surface area (Å²) in [5.41, 5.74) is 23.1. The Labute approximate surface area is 383 Å². The summed E-state index contributed by atoms with van der Waals surface area (Å²) in [5, 5.41) is 0. The van der Waals surface area contributed by atoms with Crippen molar-refractivity contribution in [2.75, 3.05) is 0 Å². The van der Waals surface area contributed by atoms with E-state index in [1.54, 1.807) is 0 Å². The van der Waals surface area contributed by atoms with E-state index in [9.17, 15) is 0 Å². The van der Waals surface area contributed by atoms with E-state index in [0.29, 0.717) is 11.3 Å². The van der Waals surface area contributed by atoms with Gasteiger partial charge in [-0.25, -0.2) is 6.08 Å². The van der Waals surface area contributed by atoms with Crippen molar-refractivity contribution < 1.29 is 49.0 Å². The second-order valence-electron chi connectivity index (χ2n) is 17.0. The third kappa shape index (κ3) is 11.7. The molecule has 0 fully saturated rings. The molecule has 0 saturated heterocycles. The molecule has 302 valence electrons. The Morgan fingerprint density at radius 3 is 1.64 bits per heavy atom. The molecule has 6 aromatic carbocycles. The van der Waals surface area contributed by atoms with Crippen LogP contribution in [0.4, 0.5) is 0 Å². The summed E-state index contributed by atoms with van der Waals surface area (Å²) in [5.74, 6) is 0.587. The average molecular weight is 893 g/mol. The summed E-state index contributed by atoms with van der Waals surface area (Å²) in [6.07, 6.45) is 11.4. The number of aryl methyl sites for hydroxylation is 6. The Morgan fingerprint density at radius 2 is 1.15 bits per heavy atom. The summed E-state index contributed by atoms with van der Waals surface area (Å²) in [4.78, 5) is 0. The van der Waals surface area contributed by atoms with E-state index in [-0.39, 0.29) is 24.8 Å². The van der Waals surface area contributed by atoms with Crippen molar-refractivity contribution in [1.29, 1.82) is 0 Å². The number of hydrogen-bond donors (Lipinski definition) is 0. The average Bonchev–Trinajstić information content (AvgIpc) is 3.80. The molecule has 2 aliphatic carbocycles. The first-order valence-corrected chi connectivity index (χ1v) is 21.8. The number of allylic oxidation sites excluding steroid dienone is 4. The monoisotopic (exact) mass is 890 g/mol. The van der Waals surface area contributed by atoms with Gasteiger partial charge >= 0.3 is 99.2 Å². The SMILES string of the molecule is CCCC1[C-]=CC(C(C)(C)C)=C1.Cc1cc(C)c(-c2[c-]c3c(cc2)-c2ccc(-c4c(C)cc(C)cc4C)cc2C3)c(C)c1.[Cl-].[Cl-].[Zr+2]=[C](c1ccccc1)c1ccccc1. The number of benzene rings is 6. The van der Waals surface area contributed by atoms with Crippen molar-refractivity contribution in [2.45, 2.75) is 88.5 Å². The standard InChI is InChI=1S/C31H29.C13H10.C12H19.2ClH.Zr/c1-18-11-20(3)30(21(4)12-18)24-7-9-28-26(15-24)17-27-16-25(8-10-29(27)28)31-22(5)13-19(2)14-23(31)6;1-3-7-12(8-4-1)11-13-9-5-2-6-10-13;1-5-6-10-7-8-11(9-10)12(2,3)4;;;/h7-15H,17H2,1-6H3;1-10H;8-10H,5-6H2,1-4H3;2*1H;/q-1;;-1;;;+2/p-2. The van der Waals surface area contributed by atoms with Gasteiger partial charge in [0.15, 0.2) is 0 Å². The number of halogens is 2. The van der Waals surface area contributed by atoms with Crippen LogP contribution >= 0.6 is 0 Å². The molecular formula is C56H58Cl2Zr-2. The maximum absolute atomic E-state index is 3.78. The van der Waals surface area contributed by atoms with Gasteiger partial charge in [-0.2, -0.15) is 11.6 Å². The van der Waals surface area contributed by atoms with Crippen molar-refractivity contribution in [2.24, 2.45) is 11.3 Å². The van der Waals surface area contributed by atoms with Crippen LogP contribution in [0.3, 0.4) is 0 Å². The summed E-state index contributed by atoms with van der Waals surface area (Å²) in [6.45, 7) is 22.2. The third-order valence-corrected chi connectivity index (χ3v) is 12.5. The van der Waals surface area contributed by atoms with Crippen LogP contribution in [0.15, 0.2) is 133 Å². The van der Waals surface area contributed by atoms with Crippen LogP contribution in [0.5, 0.6) is 0 Å². The van der Waals surface area contributed by atoms with Gasteiger partial charge in [0.25, 0.3) is 0 Å². The quantitative estimate of drug-likeness (QED) is 0.147. The predicted molar refractivity (Wildman–Crippen MR) is 243 cm³/mol. The molecule has 59 heavy (non-hydrogen) atoms. The fourth-order valence-electron chi connectivity index (χ4n) is 8.50. The Morgan fingerprint density at radius 1 is 0.644 bits per heavy atom. The zero-order valence-corrected chi connectivity index (χ0v) is 40.5. The van der Waals surface area contributed by atoms with E-state index in [1.165, 1.54) is 135 Å². The first-order chi connectivity index (χ1) is 27.2. The van der Waals surface area contributed by atoms with E-state index in [4.69, 9.17) is 0 Å². The molecule has 3 heteroatoms. The van der Waals surface area contributed by atoms with Crippen LogP contribution in [0.1, 0.15) is 96.2 Å². The fraction of sp³-hybridized carbons (Fsp3) is 0.268. The molecule has 1 atom stereocenters. The number of fused-ring (bicyclic) bond motifs is 3. The molecule has 0 nitrogen and oxygen atoms in total. The molecule has 0 saturated carbocycles. The third-order valence-electron chi connectivity index (χ3n) is 11.1. The molecule has 0 N–H and O–H groups in total. The summed E-state index contributed by atoms with van der Waals surface area (Å²) < 4.78 is 1.42. The Hall–Kier alpha value is -3.87.